The third-order valence-corrected chi connectivity index (χ3v) is 2.70. The highest BCUT2D eigenvalue weighted by Crippen LogP contribution is 2.26. The summed E-state index contributed by atoms with van der Waals surface area (Å²) in [7, 11) is 0. The summed E-state index contributed by atoms with van der Waals surface area (Å²) in [5, 5.41) is 10.1. The van der Waals surface area contributed by atoms with Crippen molar-refractivity contribution in [2.24, 2.45) is 0 Å². The Bertz CT molecular complexity index is 640. The molecular weight excluding hydrogens is 222 g/mol. The predicted octanol–water partition coefficient (Wildman–Crippen LogP) is 3.10. The lowest BCUT2D eigenvalue weighted by molar-refractivity contribution is 0.881. The van der Waals surface area contributed by atoms with E-state index in [0.717, 1.165) is 16.6 Å². The summed E-state index contributed by atoms with van der Waals surface area (Å²) >= 11 is 5.70. The lowest BCUT2D eigenvalue weighted by Crippen LogP contribution is -1.81. The zero-order chi connectivity index (χ0) is 11.0. The van der Waals surface area contributed by atoms with Gasteiger partial charge >= 0.3 is 0 Å². The van der Waals surface area contributed by atoms with Crippen molar-refractivity contribution in [1.29, 1.82) is 0 Å². The number of nitrogens with zero attached hydrogens (tertiary/aromatic N) is 3. The van der Waals surface area contributed by atoms with E-state index in [1.807, 2.05) is 24.3 Å². The van der Waals surface area contributed by atoms with E-state index in [0.29, 0.717) is 0 Å². The molecule has 1 aromatic heterocycles. The van der Waals surface area contributed by atoms with E-state index in [2.05, 4.69) is 28.5 Å². The SMILES string of the molecule is Cln1cc(-c2cccc3ccccc23)nn1. The van der Waals surface area contributed by atoms with Crippen LogP contribution in [0.1, 0.15) is 0 Å². The highest BCUT2D eigenvalue weighted by Gasteiger charge is 2.06. The van der Waals surface area contributed by atoms with Gasteiger partial charge in [-0.25, -0.2) is 0 Å². The number of aromatic nitrogens is 3. The molecule has 3 aromatic rings. The summed E-state index contributed by atoms with van der Waals surface area (Å²) in [4.78, 5) is 0. The van der Waals surface area contributed by atoms with Crippen LogP contribution in [0.25, 0.3) is 22.0 Å². The Morgan fingerprint density at radius 3 is 2.62 bits per heavy atom. The van der Waals surface area contributed by atoms with E-state index in [1.165, 1.54) is 9.59 Å². The first-order chi connectivity index (χ1) is 7.84. The van der Waals surface area contributed by atoms with E-state index in [4.69, 9.17) is 11.8 Å². The lowest BCUT2D eigenvalue weighted by Gasteiger charge is -2.02. The van der Waals surface area contributed by atoms with Crippen LogP contribution in [0.4, 0.5) is 0 Å². The number of hydrogen-bond donors (Lipinski definition) is 0. The monoisotopic (exact) mass is 229 g/mol. The Morgan fingerprint density at radius 1 is 1.00 bits per heavy atom. The standard InChI is InChI=1S/C12H8ClN3/c13-16-8-12(14-15-16)11-7-3-5-9-4-1-2-6-10(9)11/h1-8H. The van der Waals surface area contributed by atoms with Gasteiger partial charge in [-0.05, 0) is 10.8 Å². The summed E-state index contributed by atoms with van der Waals surface area (Å²) in [6.45, 7) is 0. The van der Waals surface area contributed by atoms with Gasteiger partial charge in [0, 0.05) is 17.3 Å². The molecule has 0 aliphatic heterocycles. The second-order valence-corrected chi connectivity index (χ2v) is 3.87. The Kier molecular flexibility index (Phi) is 2.11. The van der Waals surface area contributed by atoms with Crippen molar-refractivity contribution in [1.82, 2.24) is 14.5 Å². The largest absolute Gasteiger partial charge is 0.159 e. The van der Waals surface area contributed by atoms with Crippen LogP contribution in [0.15, 0.2) is 48.7 Å². The van der Waals surface area contributed by atoms with E-state index in [-0.39, 0.29) is 0 Å². The van der Waals surface area contributed by atoms with Crippen molar-refractivity contribution >= 4 is 22.5 Å². The van der Waals surface area contributed by atoms with E-state index < -0.39 is 0 Å². The van der Waals surface area contributed by atoms with Gasteiger partial charge in [-0.15, -0.1) is 5.10 Å². The molecule has 0 aliphatic carbocycles. The molecule has 0 saturated carbocycles. The Balaban J connectivity index is 2.31. The zero-order valence-electron chi connectivity index (χ0n) is 8.34. The smallest absolute Gasteiger partial charge is 0.115 e. The van der Waals surface area contributed by atoms with Crippen LogP contribution in [0.3, 0.4) is 0 Å². The van der Waals surface area contributed by atoms with Crippen LogP contribution in [-0.2, 0) is 0 Å². The number of halogens is 1. The second-order valence-electron chi connectivity index (χ2n) is 3.52. The van der Waals surface area contributed by atoms with Gasteiger partial charge in [0.15, 0.2) is 0 Å². The van der Waals surface area contributed by atoms with Gasteiger partial charge in [-0.1, -0.05) is 47.7 Å². The fraction of sp³-hybridized carbons (Fsp3) is 0. The van der Waals surface area contributed by atoms with Gasteiger partial charge in [0.25, 0.3) is 0 Å². The number of fused-ring (bicyclic) bond motifs is 1. The molecule has 0 amide bonds. The van der Waals surface area contributed by atoms with Crippen molar-refractivity contribution < 1.29 is 0 Å². The third-order valence-electron chi connectivity index (χ3n) is 2.53. The van der Waals surface area contributed by atoms with Crippen molar-refractivity contribution in [2.45, 2.75) is 0 Å². The highest BCUT2D eigenvalue weighted by atomic mass is 35.5. The first kappa shape index (κ1) is 9.36. The second kappa shape index (κ2) is 3.61. The molecule has 1 heterocycles. The molecular formula is C12H8ClN3. The summed E-state index contributed by atoms with van der Waals surface area (Å²) in [5.74, 6) is 0. The highest BCUT2D eigenvalue weighted by molar-refractivity contribution is 6.14. The van der Waals surface area contributed by atoms with Crippen LogP contribution >= 0.6 is 11.8 Å². The summed E-state index contributed by atoms with van der Waals surface area (Å²) in [6.07, 6.45) is 1.70. The Labute approximate surface area is 97.4 Å². The Hall–Kier alpha value is -1.87. The summed E-state index contributed by atoms with van der Waals surface area (Å²) in [5.41, 5.74) is 1.83. The molecule has 0 spiro atoms. The van der Waals surface area contributed by atoms with Crippen LogP contribution in [0.2, 0.25) is 0 Å². The van der Waals surface area contributed by atoms with E-state index >= 15 is 0 Å². The minimum absolute atomic E-state index is 0.784. The van der Waals surface area contributed by atoms with Gasteiger partial charge in [0.1, 0.15) is 5.69 Å². The maximum absolute atomic E-state index is 5.70. The maximum Gasteiger partial charge on any atom is 0.115 e. The first-order valence-corrected chi connectivity index (χ1v) is 5.25. The summed E-state index contributed by atoms with van der Waals surface area (Å²) in [6, 6.07) is 14.3. The predicted molar refractivity (Wildman–Crippen MR) is 64.2 cm³/mol. The quantitative estimate of drug-likeness (QED) is 0.642. The minimum Gasteiger partial charge on any atom is -0.159 e. The molecule has 16 heavy (non-hydrogen) atoms. The zero-order valence-corrected chi connectivity index (χ0v) is 9.09. The molecule has 0 unspecified atom stereocenters. The molecule has 3 rings (SSSR count). The number of hydrogen-bond acceptors (Lipinski definition) is 2. The topological polar surface area (TPSA) is 30.7 Å². The molecule has 78 valence electrons. The fourth-order valence-electron chi connectivity index (χ4n) is 1.82. The Morgan fingerprint density at radius 2 is 1.81 bits per heavy atom. The van der Waals surface area contributed by atoms with Crippen LogP contribution < -0.4 is 0 Å². The molecule has 4 heteroatoms. The van der Waals surface area contributed by atoms with E-state index in [9.17, 15) is 0 Å². The maximum atomic E-state index is 5.70. The van der Waals surface area contributed by atoms with Gasteiger partial charge < -0.3 is 0 Å². The molecule has 0 atom stereocenters. The normalized spacial score (nSPS) is 10.8. The molecule has 0 aliphatic rings. The van der Waals surface area contributed by atoms with Gasteiger partial charge in [0.05, 0.1) is 6.20 Å². The van der Waals surface area contributed by atoms with Crippen molar-refractivity contribution in [3.05, 3.63) is 48.7 Å². The van der Waals surface area contributed by atoms with Crippen LogP contribution in [0, 0.1) is 0 Å². The summed E-state index contributed by atoms with van der Waals surface area (Å²) < 4.78 is 1.19. The molecule has 0 N–H and O–H groups in total. The molecule has 0 fully saturated rings. The molecule has 0 saturated heterocycles. The average molecular weight is 230 g/mol. The first-order valence-electron chi connectivity index (χ1n) is 4.91. The van der Waals surface area contributed by atoms with Gasteiger partial charge in [-0.2, -0.15) is 4.20 Å². The number of benzene rings is 2. The molecule has 3 nitrogen and oxygen atoms in total. The van der Waals surface area contributed by atoms with Crippen molar-refractivity contribution in [2.75, 3.05) is 0 Å². The molecule has 0 bridgehead atoms. The van der Waals surface area contributed by atoms with Crippen LogP contribution in [0.5, 0.6) is 0 Å². The third kappa shape index (κ3) is 1.46. The molecule has 0 radical (unpaired) electrons. The lowest BCUT2D eigenvalue weighted by atomic mass is 10.0. The van der Waals surface area contributed by atoms with Gasteiger partial charge in [-0.3, -0.25) is 0 Å². The number of rotatable bonds is 1. The van der Waals surface area contributed by atoms with Crippen molar-refractivity contribution in [3.63, 3.8) is 0 Å². The fourth-order valence-corrected chi connectivity index (χ4v) is 1.94. The van der Waals surface area contributed by atoms with Crippen LogP contribution in [-0.4, -0.2) is 14.5 Å². The van der Waals surface area contributed by atoms with Gasteiger partial charge in [0.2, 0.25) is 0 Å². The average Bonchev–Trinajstić information content (AvgIpc) is 2.75. The van der Waals surface area contributed by atoms with E-state index in [1.54, 1.807) is 6.20 Å². The minimum atomic E-state index is 0.784. The van der Waals surface area contributed by atoms with Crippen molar-refractivity contribution in [3.8, 4) is 11.3 Å². The molecule has 2 aromatic carbocycles.